The van der Waals surface area contributed by atoms with Gasteiger partial charge in [0.05, 0.1) is 11.0 Å². The van der Waals surface area contributed by atoms with Crippen LogP contribution < -0.4 is 15.7 Å². The summed E-state index contributed by atoms with van der Waals surface area (Å²) in [5.41, 5.74) is 5.78. The third kappa shape index (κ3) is 4.03. The third-order valence-electron chi connectivity index (χ3n) is 4.49. The number of rotatable bonds is 6. The number of imidazole rings is 1. The van der Waals surface area contributed by atoms with E-state index in [1.54, 1.807) is 0 Å². The van der Waals surface area contributed by atoms with Crippen molar-refractivity contribution >= 4 is 16.7 Å². The van der Waals surface area contributed by atoms with Crippen molar-refractivity contribution in [2.75, 3.05) is 5.32 Å². The van der Waals surface area contributed by atoms with Gasteiger partial charge in [-0.2, -0.15) is 0 Å². The summed E-state index contributed by atoms with van der Waals surface area (Å²) in [5, 5.41) is 3.39. The Balaban J connectivity index is 1.45. The van der Waals surface area contributed by atoms with Crippen molar-refractivity contribution < 1.29 is 4.74 Å². The fraction of sp³-hybridized carbons (Fsp3) is 0.136. The van der Waals surface area contributed by atoms with Gasteiger partial charge in [-0.1, -0.05) is 48.0 Å². The van der Waals surface area contributed by atoms with E-state index in [1.165, 1.54) is 5.56 Å². The van der Waals surface area contributed by atoms with E-state index in [0.29, 0.717) is 13.2 Å². The van der Waals surface area contributed by atoms with Crippen molar-refractivity contribution in [2.45, 2.75) is 20.1 Å². The fourth-order valence-electron chi connectivity index (χ4n) is 2.98. The first kappa shape index (κ1) is 17.0. The van der Waals surface area contributed by atoms with Crippen LogP contribution in [0.3, 0.4) is 0 Å². The molecule has 0 saturated heterocycles. The maximum Gasteiger partial charge on any atom is 0.323 e. The summed E-state index contributed by atoms with van der Waals surface area (Å²) in [5.74, 6) is 0.863. The fourth-order valence-corrected chi connectivity index (χ4v) is 2.98. The molecule has 3 aromatic carbocycles. The molecule has 5 nitrogen and oxygen atoms in total. The minimum atomic E-state index is -0.197. The first-order valence-electron chi connectivity index (χ1n) is 8.89. The number of aryl methyl sites for hydroxylation is 1. The molecule has 0 bridgehead atoms. The predicted octanol–water partition coefficient (Wildman–Crippen LogP) is 4.36. The molecule has 4 rings (SSSR count). The molecule has 0 aliphatic rings. The summed E-state index contributed by atoms with van der Waals surface area (Å²) in [6.45, 7) is 3.24. The van der Waals surface area contributed by atoms with Crippen molar-refractivity contribution in [3.63, 3.8) is 0 Å². The third-order valence-corrected chi connectivity index (χ3v) is 4.49. The topological polar surface area (TPSA) is 69.9 Å². The van der Waals surface area contributed by atoms with E-state index >= 15 is 0 Å². The van der Waals surface area contributed by atoms with Gasteiger partial charge in [-0.3, -0.25) is 0 Å². The van der Waals surface area contributed by atoms with E-state index < -0.39 is 0 Å². The van der Waals surface area contributed by atoms with Crippen LogP contribution >= 0.6 is 0 Å². The zero-order valence-electron chi connectivity index (χ0n) is 15.1. The Bertz CT molecular complexity index is 1110. The second-order valence-corrected chi connectivity index (χ2v) is 6.58. The Hall–Kier alpha value is -3.47. The molecule has 0 atom stereocenters. The molecule has 0 aliphatic carbocycles. The van der Waals surface area contributed by atoms with Crippen LogP contribution in [0.5, 0.6) is 5.75 Å². The second-order valence-electron chi connectivity index (χ2n) is 6.58. The van der Waals surface area contributed by atoms with Crippen LogP contribution in [0, 0.1) is 6.92 Å². The molecule has 5 heteroatoms. The van der Waals surface area contributed by atoms with E-state index in [-0.39, 0.29) is 5.69 Å². The number of aromatic amines is 2. The average molecular weight is 359 g/mol. The first-order chi connectivity index (χ1) is 13.2. The molecule has 0 aliphatic heterocycles. The van der Waals surface area contributed by atoms with Gasteiger partial charge in [0.15, 0.2) is 0 Å². The summed E-state index contributed by atoms with van der Waals surface area (Å²) < 4.78 is 6.03. The van der Waals surface area contributed by atoms with Crippen molar-refractivity contribution in [3.05, 3.63) is 93.9 Å². The largest absolute Gasteiger partial charge is 0.489 e. The van der Waals surface area contributed by atoms with Crippen LogP contribution in [0.1, 0.15) is 16.7 Å². The van der Waals surface area contributed by atoms with Crippen LogP contribution in [0.15, 0.2) is 71.5 Å². The van der Waals surface area contributed by atoms with Gasteiger partial charge in [-0.25, -0.2) is 4.79 Å². The van der Waals surface area contributed by atoms with Crippen molar-refractivity contribution in [1.29, 1.82) is 0 Å². The number of nitrogens with one attached hydrogen (secondary N) is 3. The lowest BCUT2D eigenvalue weighted by Crippen LogP contribution is -2.03. The van der Waals surface area contributed by atoms with Crippen LogP contribution in [0.2, 0.25) is 0 Å². The number of hydrogen-bond donors (Lipinski definition) is 3. The molecule has 0 unspecified atom stereocenters. The predicted molar refractivity (Wildman–Crippen MR) is 108 cm³/mol. The molecule has 4 aromatic rings. The minimum absolute atomic E-state index is 0.197. The normalized spacial score (nSPS) is 10.9. The summed E-state index contributed by atoms with van der Waals surface area (Å²) in [4.78, 5) is 16.9. The van der Waals surface area contributed by atoms with Crippen LogP contribution in [0.4, 0.5) is 5.69 Å². The summed E-state index contributed by atoms with van der Waals surface area (Å²) >= 11 is 0. The summed E-state index contributed by atoms with van der Waals surface area (Å²) in [6.07, 6.45) is 0. The Labute approximate surface area is 157 Å². The number of fused-ring (bicyclic) bond motifs is 1. The van der Waals surface area contributed by atoms with Gasteiger partial charge in [0, 0.05) is 17.8 Å². The highest BCUT2D eigenvalue weighted by molar-refractivity contribution is 5.78. The highest BCUT2D eigenvalue weighted by Gasteiger charge is 2.05. The molecule has 0 radical (unpaired) electrons. The van der Waals surface area contributed by atoms with Gasteiger partial charge in [-0.15, -0.1) is 0 Å². The number of benzene rings is 3. The van der Waals surface area contributed by atoms with E-state index in [9.17, 15) is 4.79 Å². The molecular formula is C22H21N3O2. The molecule has 1 heterocycles. The quantitative estimate of drug-likeness (QED) is 0.479. The lowest BCUT2D eigenvalue weighted by molar-refractivity contribution is 0.303. The van der Waals surface area contributed by atoms with E-state index in [0.717, 1.165) is 33.6 Å². The monoisotopic (exact) mass is 359 g/mol. The smallest absolute Gasteiger partial charge is 0.323 e. The molecule has 0 amide bonds. The Kier molecular flexibility index (Phi) is 4.66. The Morgan fingerprint density at radius 3 is 2.56 bits per heavy atom. The van der Waals surface area contributed by atoms with Gasteiger partial charge in [0.2, 0.25) is 0 Å². The lowest BCUT2D eigenvalue weighted by atomic mass is 10.1. The zero-order valence-corrected chi connectivity index (χ0v) is 15.1. The average Bonchev–Trinajstić information content (AvgIpc) is 3.06. The van der Waals surface area contributed by atoms with Crippen LogP contribution in [-0.4, -0.2) is 9.97 Å². The number of hydrogen-bond acceptors (Lipinski definition) is 3. The second kappa shape index (κ2) is 7.41. The molecule has 136 valence electrons. The molecule has 1 aromatic heterocycles. The zero-order chi connectivity index (χ0) is 18.6. The molecule has 27 heavy (non-hydrogen) atoms. The van der Waals surface area contributed by atoms with Gasteiger partial charge < -0.3 is 20.0 Å². The van der Waals surface area contributed by atoms with Crippen LogP contribution in [0.25, 0.3) is 11.0 Å². The highest BCUT2D eigenvalue weighted by atomic mass is 16.5. The van der Waals surface area contributed by atoms with Gasteiger partial charge in [0.1, 0.15) is 12.4 Å². The number of anilines is 1. The van der Waals surface area contributed by atoms with E-state index in [1.807, 2.05) is 42.5 Å². The molecule has 0 saturated carbocycles. The standard InChI is InChI=1S/C22H21N3O2/c1-15-6-8-16(9-7-15)14-27-21-5-3-2-4-17(21)13-23-18-10-11-19-20(12-18)25-22(26)24-19/h2-12,23H,13-14H2,1H3,(H2,24,25,26). The van der Waals surface area contributed by atoms with Gasteiger partial charge in [0.25, 0.3) is 0 Å². The minimum Gasteiger partial charge on any atom is -0.489 e. The summed E-state index contributed by atoms with van der Waals surface area (Å²) in [6, 6.07) is 22.1. The first-order valence-corrected chi connectivity index (χ1v) is 8.89. The maximum atomic E-state index is 11.4. The van der Waals surface area contributed by atoms with Gasteiger partial charge >= 0.3 is 5.69 Å². The van der Waals surface area contributed by atoms with E-state index in [2.05, 4.69) is 46.5 Å². The van der Waals surface area contributed by atoms with Crippen LogP contribution in [-0.2, 0) is 13.2 Å². The summed E-state index contributed by atoms with van der Waals surface area (Å²) in [7, 11) is 0. The molecule has 0 fully saturated rings. The van der Waals surface area contributed by atoms with Crippen molar-refractivity contribution in [2.24, 2.45) is 0 Å². The molecule has 0 spiro atoms. The lowest BCUT2D eigenvalue weighted by Gasteiger charge is -2.13. The van der Waals surface area contributed by atoms with Gasteiger partial charge in [-0.05, 0) is 36.8 Å². The molecule has 3 N–H and O–H groups in total. The maximum absolute atomic E-state index is 11.4. The van der Waals surface area contributed by atoms with E-state index in [4.69, 9.17) is 4.74 Å². The molecular weight excluding hydrogens is 338 g/mol. The highest BCUT2D eigenvalue weighted by Crippen LogP contribution is 2.22. The number of H-pyrrole nitrogens is 2. The Morgan fingerprint density at radius 1 is 0.926 bits per heavy atom. The number of aromatic nitrogens is 2. The van der Waals surface area contributed by atoms with Crippen molar-refractivity contribution in [3.8, 4) is 5.75 Å². The number of para-hydroxylation sites is 1. The Morgan fingerprint density at radius 2 is 1.70 bits per heavy atom. The number of ether oxygens (including phenoxy) is 1. The van der Waals surface area contributed by atoms with Crippen molar-refractivity contribution in [1.82, 2.24) is 9.97 Å². The SMILES string of the molecule is Cc1ccc(COc2ccccc2CNc2ccc3[nH]c(=O)[nH]c3c2)cc1.